The van der Waals surface area contributed by atoms with Crippen molar-refractivity contribution < 1.29 is 13.9 Å². The Morgan fingerprint density at radius 2 is 2.29 bits per heavy atom. The second kappa shape index (κ2) is 5.88. The van der Waals surface area contributed by atoms with Crippen LogP contribution in [0.2, 0.25) is 0 Å². The van der Waals surface area contributed by atoms with Crippen LogP contribution in [-0.2, 0) is 16.0 Å². The topological polar surface area (TPSA) is 54.1 Å². The summed E-state index contributed by atoms with van der Waals surface area (Å²) in [5.41, 5.74) is 2.22. The zero-order chi connectivity index (χ0) is 16.8. The average molecular weight is 330 g/mol. The van der Waals surface area contributed by atoms with Gasteiger partial charge in [-0.1, -0.05) is 19.1 Å². The summed E-state index contributed by atoms with van der Waals surface area (Å²) in [4.78, 5) is 15.6. The molecule has 1 aromatic carbocycles. The lowest BCUT2D eigenvalue weighted by molar-refractivity contribution is -0.126. The molecule has 2 aliphatic rings. The van der Waals surface area contributed by atoms with E-state index in [-0.39, 0.29) is 24.2 Å². The first-order valence-electron chi connectivity index (χ1n) is 8.76. The van der Waals surface area contributed by atoms with E-state index in [0.29, 0.717) is 23.5 Å². The number of fused-ring (bicyclic) bond motifs is 2. The summed E-state index contributed by atoms with van der Waals surface area (Å²) in [6.45, 7) is 4.84. The minimum Gasteiger partial charge on any atom is -0.377 e. The number of amides is 1. The van der Waals surface area contributed by atoms with Crippen LogP contribution < -0.4 is 5.32 Å². The summed E-state index contributed by atoms with van der Waals surface area (Å²) >= 11 is 0. The Morgan fingerprint density at radius 3 is 3.08 bits per heavy atom. The maximum absolute atomic E-state index is 13.9. The van der Waals surface area contributed by atoms with E-state index in [1.807, 2.05) is 13.0 Å². The van der Waals surface area contributed by atoms with E-state index >= 15 is 0 Å². The van der Waals surface area contributed by atoms with Gasteiger partial charge >= 0.3 is 0 Å². The van der Waals surface area contributed by atoms with Crippen molar-refractivity contribution in [2.75, 3.05) is 6.61 Å². The molecule has 2 N–H and O–H groups in total. The third kappa shape index (κ3) is 2.34. The van der Waals surface area contributed by atoms with E-state index in [1.165, 1.54) is 6.07 Å². The van der Waals surface area contributed by atoms with Gasteiger partial charge in [-0.25, -0.2) is 4.39 Å². The molecule has 0 radical (unpaired) electrons. The normalized spacial score (nSPS) is 28.6. The number of rotatable bonds is 4. The van der Waals surface area contributed by atoms with Crippen LogP contribution in [0, 0.1) is 24.6 Å². The third-order valence-corrected chi connectivity index (χ3v) is 5.77. The number of hydrogen-bond donors (Lipinski definition) is 2. The first-order valence-corrected chi connectivity index (χ1v) is 8.76. The quantitative estimate of drug-likeness (QED) is 0.905. The van der Waals surface area contributed by atoms with Gasteiger partial charge in [-0.05, 0) is 31.4 Å². The van der Waals surface area contributed by atoms with Gasteiger partial charge in [-0.3, -0.25) is 4.79 Å². The van der Waals surface area contributed by atoms with Gasteiger partial charge in [-0.15, -0.1) is 0 Å². The molecule has 1 saturated carbocycles. The van der Waals surface area contributed by atoms with E-state index in [1.54, 1.807) is 6.07 Å². The number of carbonyl (C=O) groups is 1. The fraction of sp³-hybridized carbons (Fsp3) is 0.526. The van der Waals surface area contributed by atoms with Crippen LogP contribution >= 0.6 is 0 Å². The van der Waals surface area contributed by atoms with E-state index < -0.39 is 0 Å². The van der Waals surface area contributed by atoms with Gasteiger partial charge in [0.1, 0.15) is 5.82 Å². The monoisotopic (exact) mass is 330 g/mol. The molecule has 4 nitrogen and oxygen atoms in total. The molecule has 1 saturated heterocycles. The second-order valence-electron chi connectivity index (χ2n) is 7.02. The van der Waals surface area contributed by atoms with Crippen LogP contribution in [0.25, 0.3) is 10.9 Å². The van der Waals surface area contributed by atoms with Crippen LogP contribution in [0.5, 0.6) is 0 Å². The standard InChI is InChI=1S/C19H23FN2O2/c1-3-11-17(13-7-8-24-19(11)13)22-16(23)9-14-10(2)21-18-12(14)5-4-6-15(18)20/h4-6,11,13,17,19,21H,3,7-9H2,1-2H3,(H,22,23)/t11-,13+,17-,19-/m1/s1. The second-order valence-corrected chi connectivity index (χ2v) is 7.02. The van der Waals surface area contributed by atoms with Crippen molar-refractivity contribution in [3.8, 4) is 0 Å². The lowest BCUT2D eigenvalue weighted by atomic mass is 9.65. The highest BCUT2D eigenvalue weighted by Gasteiger charge is 2.53. The number of H-pyrrole nitrogens is 1. The number of hydrogen-bond acceptors (Lipinski definition) is 2. The van der Waals surface area contributed by atoms with Crippen molar-refractivity contribution >= 4 is 16.8 Å². The fourth-order valence-electron chi connectivity index (χ4n) is 4.52. The van der Waals surface area contributed by atoms with E-state index in [9.17, 15) is 9.18 Å². The number of benzene rings is 1. The number of aromatic nitrogens is 1. The summed E-state index contributed by atoms with van der Waals surface area (Å²) in [6.07, 6.45) is 2.65. The highest BCUT2D eigenvalue weighted by Crippen LogP contribution is 2.45. The molecule has 1 aliphatic heterocycles. The molecular weight excluding hydrogens is 307 g/mol. The van der Waals surface area contributed by atoms with Crippen molar-refractivity contribution in [2.45, 2.75) is 45.3 Å². The number of ether oxygens (including phenoxy) is 1. The molecule has 5 heteroatoms. The molecule has 128 valence electrons. The number of aromatic amines is 1. The molecule has 2 heterocycles. The third-order valence-electron chi connectivity index (χ3n) is 5.77. The summed E-state index contributed by atoms with van der Waals surface area (Å²) in [5, 5.41) is 4.00. The van der Waals surface area contributed by atoms with Crippen molar-refractivity contribution in [2.24, 2.45) is 11.8 Å². The summed E-state index contributed by atoms with van der Waals surface area (Å²) < 4.78 is 19.7. The lowest BCUT2D eigenvalue weighted by Crippen LogP contribution is -2.61. The molecule has 1 aromatic heterocycles. The predicted octanol–water partition coefficient (Wildman–Crippen LogP) is 3.09. The number of para-hydroxylation sites is 1. The van der Waals surface area contributed by atoms with Crippen molar-refractivity contribution in [1.29, 1.82) is 0 Å². The Morgan fingerprint density at radius 1 is 1.46 bits per heavy atom. The van der Waals surface area contributed by atoms with E-state index in [2.05, 4.69) is 17.2 Å². The Kier molecular flexibility index (Phi) is 3.83. The van der Waals surface area contributed by atoms with Gasteiger partial charge in [0.25, 0.3) is 0 Å². The molecular formula is C19H23FN2O2. The summed E-state index contributed by atoms with van der Waals surface area (Å²) in [6, 6.07) is 5.20. The molecule has 2 fully saturated rings. The van der Waals surface area contributed by atoms with Gasteiger partial charge in [-0.2, -0.15) is 0 Å². The van der Waals surface area contributed by atoms with Gasteiger partial charge in [0.05, 0.1) is 18.0 Å². The number of aryl methyl sites for hydroxylation is 1. The van der Waals surface area contributed by atoms with Crippen molar-refractivity contribution in [1.82, 2.24) is 10.3 Å². The average Bonchev–Trinajstić information content (AvgIpc) is 3.10. The lowest BCUT2D eigenvalue weighted by Gasteiger charge is -2.47. The first-order chi connectivity index (χ1) is 11.6. The number of halogens is 1. The Balaban J connectivity index is 1.51. The van der Waals surface area contributed by atoms with Crippen LogP contribution in [0.1, 0.15) is 31.0 Å². The summed E-state index contributed by atoms with van der Waals surface area (Å²) in [7, 11) is 0. The molecule has 0 spiro atoms. The maximum atomic E-state index is 13.9. The van der Waals surface area contributed by atoms with Crippen molar-refractivity contribution in [3.63, 3.8) is 0 Å². The highest BCUT2D eigenvalue weighted by molar-refractivity contribution is 5.90. The van der Waals surface area contributed by atoms with Gasteiger partial charge in [0.2, 0.25) is 5.91 Å². The predicted molar refractivity (Wildman–Crippen MR) is 90.3 cm³/mol. The Hall–Kier alpha value is -1.88. The Bertz CT molecular complexity index is 785. The van der Waals surface area contributed by atoms with Gasteiger partial charge < -0.3 is 15.0 Å². The van der Waals surface area contributed by atoms with Crippen LogP contribution in [0.4, 0.5) is 4.39 Å². The molecule has 24 heavy (non-hydrogen) atoms. The molecule has 1 amide bonds. The zero-order valence-electron chi connectivity index (χ0n) is 14.1. The molecule has 0 bridgehead atoms. The molecule has 2 aromatic rings. The summed E-state index contributed by atoms with van der Waals surface area (Å²) in [5.74, 6) is 0.610. The minimum atomic E-state index is -0.279. The van der Waals surface area contributed by atoms with Crippen LogP contribution in [0.3, 0.4) is 0 Å². The highest BCUT2D eigenvalue weighted by atomic mass is 19.1. The van der Waals surface area contributed by atoms with E-state index in [4.69, 9.17) is 4.74 Å². The molecule has 4 atom stereocenters. The van der Waals surface area contributed by atoms with E-state index in [0.717, 1.165) is 36.1 Å². The molecule has 0 unspecified atom stereocenters. The van der Waals surface area contributed by atoms with Crippen LogP contribution in [-0.4, -0.2) is 29.6 Å². The Labute approximate surface area is 140 Å². The fourth-order valence-corrected chi connectivity index (χ4v) is 4.52. The molecule has 4 rings (SSSR count). The number of carbonyl (C=O) groups excluding carboxylic acids is 1. The largest absolute Gasteiger partial charge is 0.377 e. The maximum Gasteiger partial charge on any atom is 0.224 e. The van der Waals surface area contributed by atoms with Gasteiger partial charge in [0, 0.05) is 35.6 Å². The van der Waals surface area contributed by atoms with Gasteiger partial charge in [0.15, 0.2) is 0 Å². The minimum absolute atomic E-state index is 0.0112. The van der Waals surface area contributed by atoms with Crippen molar-refractivity contribution in [3.05, 3.63) is 35.3 Å². The van der Waals surface area contributed by atoms with Crippen LogP contribution in [0.15, 0.2) is 18.2 Å². The smallest absolute Gasteiger partial charge is 0.224 e. The first kappa shape index (κ1) is 15.6. The molecule has 1 aliphatic carbocycles. The number of nitrogens with one attached hydrogen (secondary N) is 2. The zero-order valence-corrected chi connectivity index (χ0v) is 14.1. The SMILES string of the molecule is CC[C@@H]1[C@@H](NC(=O)Cc2c(C)[nH]c3c(F)cccc23)[C@@H]2CCO[C@H]12.